The van der Waals surface area contributed by atoms with Crippen LogP contribution in [0.15, 0.2) is 54.6 Å². The first-order valence-electron chi connectivity index (χ1n) is 10.8. The average Bonchev–Trinajstić information content (AvgIpc) is 2.82. The molecule has 1 saturated heterocycles. The third-order valence-corrected chi connectivity index (χ3v) is 6.03. The Morgan fingerprint density at radius 2 is 1.68 bits per heavy atom. The zero-order valence-electron chi connectivity index (χ0n) is 18.5. The van der Waals surface area contributed by atoms with Crippen LogP contribution in [0.5, 0.6) is 5.75 Å². The van der Waals surface area contributed by atoms with Crippen molar-refractivity contribution in [2.45, 2.75) is 38.1 Å². The van der Waals surface area contributed by atoms with Gasteiger partial charge in [0, 0.05) is 30.7 Å². The van der Waals surface area contributed by atoms with Crippen LogP contribution in [-0.4, -0.2) is 44.7 Å². The minimum absolute atomic E-state index is 0.0423. The Bertz CT molecular complexity index is 859. The lowest BCUT2D eigenvalue weighted by atomic mass is 9.74. The molecule has 1 aliphatic heterocycles. The number of carbonyl (C=O) groups excluding carboxylic acids is 2. The van der Waals surface area contributed by atoms with E-state index in [0.29, 0.717) is 25.3 Å². The van der Waals surface area contributed by atoms with E-state index in [2.05, 4.69) is 22.8 Å². The smallest absolute Gasteiger partial charge is 0.251 e. The molecular weight excluding hydrogens is 392 g/mol. The number of carbonyl (C=O) groups is 2. The molecule has 1 heterocycles. The molecule has 1 fully saturated rings. The molecule has 0 radical (unpaired) electrons. The second-order valence-corrected chi connectivity index (χ2v) is 8.40. The fourth-order valence-electron chi connectivity index (χ4n) is 3.99. The Morgan fingerprint density at radius 1 is 1.03 bits per heavy atom. The number of methoxy groups -OCH3 is 1. The highest BCUT2D eigenvalue weighted by Crippen LogP contribution is 2.35. The van der Waals surface area contributed by atoms with E-state index in [0.717, 1.165) is 24.2 Å². The van der Waals surface area contributed by atoms with Gasteiger partial charge in [-0.15, -0.1) is 0 Å². The van der Waals surface area contributed by atoms with Gasteiger partial charge in [-0.3, -0.25) is 9.59 Å². The molecule has 3 rings (SSSR count). The fourth-order valence-corrected chi connectivity index (χ4v) is 3.99. The van der Waals surface area contributed by atoms with Crippen LogP contribution in [0.25, 0.3) is 0 Å². The molecule has 1 aliphatic rings. The van der Waals surface area contributed by atoms with E-state index in [-0.39, 0.29) is 23.1 Å². The van der Waals surface area contributed by atoms with E-state index in [1.807, 2.05) is 44.2 Å². The molecule has 6 nitrogen and oxygen atoms in total. The molecule has 0 spiro atoms. The summed E-state index contributed by atoms with van der Waals surface area (Å²) in [6.45, 7) is 5.67. The van der Waals surface area contributed by atoms with Crippen LogP contribution >= 0.6 is 0 Å². The Kier molecular flexibility index (Phi) is 7.69. The SMILES string of the molecule is COc1ccc(C2(CNC(=O)C(NC(=O)c3ccccc3)C(C)C)CCOCC2)cc1. The van der Waals surface area contributed by atoms with Crippen molar-refractivity contribution in [2.24, 2.45) is 5.92 Å². The Labute approximate surface area is 184 Å². The lowest BCUT2D eigenvalue weighted by molar-refractivity contribution is -0.124. The Morgan fingerprint density at radius 3 is 2.26 bits per heavy atom. The summed E-state index contributed by atoms with van der Waals surface area (Å²) in [6.07, 6.45) is 1.64. The van der Waals surface area contributed by atoms with Gasteiger partial charge in [-0.2, -0.15) is 0 Å². The van der Waals surface area contributed by atoms with Crippen molar-refractivity contribution < 1.29 is 19.1 Å². The zero-order chi connectivity index (χ0) is 22.3. The summed E-state index contributed by atoms with van der Waals surface area (Å²) in [5, 5.41) is 6.01. The maximum Gasteiger partial charge on any atom is 0.251 e. The molecule has 1 atom stereocenters. The molecular formula is C25H32N2O4. The van der Waals surface area contributed by atoms with Crippen LogP contribution in [0, 0.1) is 5.92 Å². The van der Waals surface area contributed by atoms with Gasteiger partial charge in [0.05, 0.1) is 7.11 Å². The molecule has 2 N–H and O–H groups in total. The molecule has 31 heavy (non-hydrogen) atoms. The minimum atomic E-state index is -0.611. The number of amides is 2. The molecule has 166 valence electrons. The van der Waals surface area contributed by atoms with E-state index < -0.39 is 6.04 Å². The van der Waals surface area contributed by atoms with Crippen LogP contribution in [0.3, 0.4) is 0 Å². The monoisotopic (exact) mass is 424 g/mol. The lowest BCUT2D eigenvalue weighted by Crippen LogP contribution is -2.53. The highest BCUT2D eigenvalue weighted by Gasteiger charge is 2.36. The predicted molar refractivity (Wildman–Crippen MR) is 120 cm³/mol. The van der Waals surface area contributed by atoms with E-state index in [1.54, 1.807) is 19.2 Å². The predicted octanol–water partition coefficient (Wildman–Crippen LogP) is 3.31. The molecule has 0 aliphatic carbocycles. The second-order valence-electron chi connectivity index (χ2n) is 8.40. The van der Waals surface area contributed by atoms with Gasteiger partial charge in [0.15, 0.2) is 0 Å². The standard InChI is InChI=1S/C25H32N2O4/c1-18(2)22(27-23(28)19-7-5-4-6-8-19)24(29)26-17-25(13-15-31-16-14-25)20-9-11-21(30-3)12-10-20/h4-12,18,22H,13-17H2,1-3H3,(H,26,29)(H,27,28). The van der Waals surface area contributed by atoms with Crippen LogP contribution < -0.4 is 15.4 Å². The summed E-state index contributed by atoms with van der Waals surface area (Å²) in [5.41, 5.74) is 1.50. The van der Waals surface area contributed by atoms with Crippen LogP contribution in [0.2, 0.25) is 0 Å². The van der Waals surface area contributed by atoms with Crippen molar-refractivity contribution >= 4 is 11.8 Å². The summed E-state index contributed by atoms with van der Waals surface area (Å²) < 4.78 is 10.9. The van der Waals surface area contributed by atoms with Gasteiger partial charge >= 0.3 is 0 Å². The van der Waals surface area contributed by atoms with Gasteiger partial charge in [-0.25, -0.2) is 0 Å². The van der Waals surface area contributed by atoms with E-state index >= 15 is 0 Å². The molecule has 0 saturated carbocycles. The summed E-state index contributed by atoms with van der Waals surface area (Å²) in [6, 6.07) is 16.4. The molecule has 1 unspecified atom stereocenters. The Balaban J connectivity index is 1.71. The number of ether oxygens (including phenoxy) is 2. The highest BCUT2D eigenvalue weighted by atomic mass is 16.5. The first-order valence-corrected chi connectivity index (χ1v) is 10.8. The van der Waals surface area contributed by atoms with Gasteiger partial charge in [0.2, 0.25) is 5.91 Å². The number of rotatable bonds is 8. The van der Waals surface area contributed by atoms with Crippen molar-refractivity contribution in [3.8, 4) is 5.75 Å². The van der Waals surface area contributed by atoms with E-state index in [4.69, 9.17) is 9.47 Å². The first-order chi connectivity index (χ1) is 14.9. The number of benzene rings is 2. The maximum atomic E-state index is 13.1. The quantitative estimate of drug-likeness (QED) is 0.682. The van der Waals surface area contributed by atoms with Gasteiger partial charge < -0.3 is 20.1 Å². The van der Waals surface area contributed by atoms with Gasteiger partial charge in [0.25, 0.3) is 5.91 Å². The van der Waals surface area contributed by atoms with Gasteiger partial charge in [0.1, 0.15) is 11.8 Å². The third-order valence-electron chi connectivity index (χ3n) is 6.03. The molecule has 2 aromatic carbocycles. The normalized spacial score (nSPS) is 16.4. The third kappa shape index (κ3) is 5.64. The largest absolute Gasteiger partial charge is 0.497 e. The van der Waals surface area contributed by atoms with Crippen molar-refractivity contribution in [3.63, 3.8) is 0 Å². The summed E-state index contributed by atoms with van der Waals surface area (Å²) in [4.78, 5) is 25.7. The van der Waals surface area contributed by atoms with Crippen LogP contribution in [0.1, 0.15) is 42.6 Å². The number of hydrogen-bond donors (Lipinski definition) is 2. The number of hydrogen-bond acceptors (Lipinski definition) is 4. The number of nitrogens with one attached hydrogen (secondary N) is 2. The summed E-state index contributed by atoms with van der Waals surface area (Å²) >= 11 is 0. The van der Waals surface area contributed by atoms with Crippen molar-refractivity contribution in [1.82, 2.24) is 10.6 Å². The minimum Gasteiger partial charge on any atom is -0.497 e. The van der Waals surface area contributed by atoms with Crippen molar-refractivity contribution in [2.75, 3.05) is 26.9 Å². The average molecular weight is 425 g/mol. The van der Waals surface area contributed by atoms with Crippen molar-refractivity contribution in [3.05, 3.63) is 65.7 Å². The second kappa shape index (κ2) is 10.4. The van der Waals surface area contributed by atoms with Crippen molar-refractivity contribution in [1.29, 1.82) is 0 Å². The topological polar surface area (TPSA) is 76.7 Å². The van der Waals surface area contributed by atoms with Gasteiger partial charge in [-0.05, 0) is 48.6 Å². The zero-order valence-corrected chi connectivity index (χ0v) is 18.5. The highest BCUT2D eigenvalue weighted by molar-refractivity contribution is 5.97. The summed E-state index contributed by atoms with van der Waals surface area (Å²) in [7, 11) is 1.65. The fraction of sp³-hybridized carbons (Fsp3) is 0.440. The molecule has 6 heteroatoms. The first kappa shape index (κ1) is 22.8. The lowest BCUT2D eigenvalue weighted by Gasteiger charge is -2.38. The van der Waals surface area contributed by atoms with Crippen LogP contribution in [-0.2, 0) is 14.9 Å². The maximum absolute atomic E-state index is 13.1. The van der Waals surface area contributed by atoms with E-state index in [9.17, 15) is 9.59 Å². The van der Waals surface area contributed by atoms with Gasteiger partial charge in [-0.1, -0.05) is 44.2 Å². The molecule has 0 aromatic heterocycles. The molecule has 2 amide bonds. The molecule has 0 bridgehead atoms. The summed E-state index contributed by atoms with van der Waals surface area (Å²) in [5.74, 6) is 0.349. The molecule has 2 aromatic rings. The Hall–Kier alpha value is -2.86. The van der Waals surface area contributed by atoms with Crippen LogP contribution in [0.4, 0.5) is 0 Å². The van der Waals surface area contributed by atoms with E-state index in [1.165, 1.54) is 0 Å².